The topological polar surface area (TPSA) is 54.5 Å². The largest absolute Gasteiger partial charge is 0.436 e. The van der Waals surface area contributed by atoms with Gasteiger partial charge in [-0.25, -0.2) is 9.97 Å². The normalized spacial score (nSPS) is 12.7. The van der Waals surface area contributed by atoms with E-state index in [2.05, 4.69) is 199 Å². The Morgan fingerprint density at radius 2 is 1.15 bits per heavy atom. The van der Waals surface area contributed by atoms with Gasteiger partial charge in [-0.05, 0) is 125 Å². The van der Waals surface area contributed by atoms with E-state index in [-0.39, 0.29) is 0 Å². The Labute approximate surface area is 359 Å². The molecule has 1 atom stereocenters. The molecule has 0 saturated heterocycles. The van der Waals surface area contributed by atoms with Crippen molar-refractivity contribution in [2.75, 3.05) is 4.90 Å². The lowest BCUT2D eigenvalue weighted by molar-refractivity contribution is 0.618. The summed E-state index contributed by atoms with van der Waals surface area (Å²) >= 11 is 1.74. The molecular weight excluding hydrogens is 765 g/mol. The minimum absolute atomic E-state index is 0.291. The summed E-state index contributed by atoms with van der Waals surface area (Å²) < 4.78 is 7.70. The summed E-state index contributed by atoms with van der Waals surface area (Å²) in [6.07, 6.45) is 2.65. The number of para-hydroxylation sites is 3. The maximum absolute atomic E-state index is 6.49. The summed E-state index contributed by atoms with van der Waals surface area (Å²) in [4.78, 5) is 17.0. The van der Waals surface area contributed by atoms with Crippen molar-refractivity contribution in [2.24, 2.45) is 4.99 Å². The van der Waals surface area contributed by atoms with E-state index in [0.29, 0.717) is 11.8 Å². The Bertz CT molecular complexity index is 3120. The third-order valence-corrected chi connectivity index (χ3v) is 12.7. The molecular formula is C55H40N4OS. The van der Waals surface area contributed by atoms with Crippen LogP contribution in [-0.4, -0.2) is 15.7 Å². The molecule has 3 heterocycles. The highest BCUT2D eigenvalue weighted by atomic mass is 32.1. The van der Waals surface area contributed by atoms with Gasteiger partial charge in [-0.1, -0.05) is 121 Å². The first-order valence-electron chi connectivity index (χ1n) is 20.8. The van der Waals surface area contributed by atoms with Crippen molar-refractivity contribution in [3.63, 3.8) is 0 Å². The lowest BCUT2D eigenvalue weighted by Crippen LogP contribution is -2.10. The van der Waals surface area contributed by atoms with Crippen LogP contribution in [-0.2, 0) is 19.3 Å². The molecule has 8 aromatic carbocycles. The van der Waals surface area contributed by atoms with E-state index >= 15 is 0 Å². The molecule has 0 N–H and O–H groups in total. The summed E-state index contributed by atoms with van der Waals surface area (Å²) in [6, 6.07) is 70.7. The molecule has 11 rings (SSSR count). The van der Waals surface area contributed by atoms with Crippen LogP contribution in [0, 0.1) is 0 Å². The smallest absolute Gasteiger partial charge is 0.227 e. The van der Waals surface area contributed by atoms with Crippen LogP contribution in [0.1, 0.15) is 33.7 Å². The SMILES string of the molecule is c1ccc(C(Cc2ccc(-c3nc4ccccc4s3)cc2)Cc2ccc3nc(-c4ccc(N(c5ccccc5)c5ccc(C6=Nc7ccccc7C6)cc5)cc4)oc3c2)cc1. The van der Waals surface area contributed by atoms with Gasteiger partial charge in [0.2, 0.25) is 5.89 Å². The first-order chi connectivity index (χ1) is 30.2. The molecule has 1 aliphatic heterocycles. The van der Waals surface area contributed by atoms with Gasteiger partial charge < -0.3 is 9.32 Å². The molecule has 6 heteroatoms. The predicted octanol–water partition coefficient (Wildman–Crippen LogP) is 14.5. The summed E-state index contributed by atoms with van der Waals surface area (Å²) in [6.45, 7) is 0. The summed E-state index contributed by atoms with van der Waals surface area (Å²) in [5.74, 6) is 0.903. The van der Waals surface area contributed by atoms with Gasteiger partial charge in [0.25, 0.3) is 0 Å². The van der Waals surface area contributed by atoms with Gasteiger partial charge in [-0.15, -0.1) is 11.3 Å². The fraction of sp³-hybridized carbons (Fsp3) is 0.0727. The maximum atomic E-state index is 6.49. The second kappa shape index (κ2) is 16.0. The van der Waals surface area contributed by atoms with E-state index in [1.54, 1.807) is 11.3 Å². The van der Waals surface area contributed by atoms with Crippen LogP contribution >= 0.6 is 11.3 Å². The summed E-state index contributed by atoms with van der Waals surface area (Å²) in [7, 11) is 0. The zero-order chi connectivity index (χ0) is 40.5. The van der Waals surface area contributed by atoms with E-state index < -0.39 is 0 Å². The number of rotatable bonds is 11. The number of nitrogens with zero attached hydrogens (tertiary/aromatic N) is 4. The molecule has 61 heavy (non-hydrogen) atoms. The molecule has 0 saturated carbocycles. The molecule has 0 radical (unpaired) electrons. The number of aromatic nitrogens is 2. The first kappa shape index (κ1) is 36.7. The summed E-state index contributed by atoms with van der Waals surface area (Å²) in [5.41, 5.74) is 16.4. The number of hydrogen-bond acceptors (Lipinski definition) is 6. The van der Waals surface area contributed by atoms with Gasteiger partial charge in [0, 0.05) is 34.6 Å². The number of thiazole rings is 1. The lowest BCUT2D eigenvalue weighted by Gasteiger charge is -2.25. The minimum atomic E-state index is 0.291. The molecule has 0 spiro atoms. The van der Waals surface area contributed by atoms with Crippen LogP contribution < -0.4 is 4.90 Å². The number of benzene rings is 8. The molecule has 2 aromatic heterocycles. The highest BCUT2D eigenvalue weighted by Crippen LogP contribution is 2.38. The quantitative estimate of drug-likeness (QED) is 0.131. The standard InChI is InChI=1S/C55H40N4OS/c1-3-11-39(12-4-1)44(33-37-19-22-42(23-20-37)55-58-50-17-9-10-18-53(50)61-55)34-38-21-32-49-52(35-38)60-54(57-49)41-26-30-47(31-27-41)59(45-14-5-2-6-15-45)46-28-24-40(25-29-46)51-36-43-13-7-8-16-48(43)56-51/h1-32,35,44H,33-34,36H2. The molecule has 1 unspecified atom stereocenters. The van der Waals surface area contributed by atoms with Crippen molar-refractivity contribution in [3.05, 3.63) is 228 Å². The van der Waals surface area contributed by atoms with Crippen LogP contribution in [0.25, 0.3) is 43.3 Å². The zero-order valence-corrected chi connectivity index (χ0v) is 34.2. The maximum Gasteiger partial charge on any atom is 0.227 e. The number of oxazole rings is 1. The lowest BCUT2D eigenvalue weighted by atomic mass is 9.86. The molecule has 0 bridgehead atoms. The fourth-order valence-corrected chi connectivity index (χ4v) is 9.45. The van der Waals surface area contributed by atoms with Crippen molar-refractivity contribution in [2.45, 2.75) is 25.2 Å². The van der Waals surface area contributed by atoms with E-state index in [9.17, 15) is 0 Å². The van der Waals surface area contributed by atoms with Crippen LogP contribution in [0.4, 0.5) is 22.7 Å². The zero-order valence-electron chi connectivity index (χ0n) is 33.4. The van der Waals surface area contributed by atoms with Gasteiger partial charge in [-0.2, -0.15) is 0 Å². The predicted molar refractivity (Wildman–Crippen MR) is 252 cm³/mol. The van der Waals surface area contributed by atoms with Gasteiger partial charge in [0.05, 0.1) is 21.6 Å². The molecule has 1 aliphatic rings. The average Bonchev–Trinajstić information content (AvgIpc) is 4.08. The van der Waals surface area contributed by atoms with Crippen molar-refractivity contribution in [3.8, 4) is 22.0 Å². The number of fused-ring (bicyclic) bond motifs is 3. The second-order valence-electron chi connectivity index (χ2n) is 15.6. The van der Waals surface area contributed by atoms with Crippen molar-refractivity contribution in [1.29, 1.82) is 0 Å². The molecule has 0 aliphatic carbocycles. The van der Waals surface area contributed by atoms with Gasteiger partial charge in [-0.3, -0.25) is 4.99 Å². The van der Waals surface area contributed by atoms with E-state index in [0.717, 1.165) is 86.0 Å². The number of aliphatic imine (C=N–C) groups is 1. The van der Waals surface area contributed by atoms with E-state index in [1.165, 1.54) is 27.0 Å². The Hall–Kier alpha value is -7.41. The Morgan fingerprint density at radius 1 is 0.525 bits per heavy atom. The van der Waals surface area contributed by atoms with Crippen LogP contribution in [0.5, 0.6) is 0 Å². The number of hydrogen-bond donors (Lipinski definition) is 0. The Kier molecular flexibility index (Phi) is 9.60. The minimum Gasteiger partial charge on any atom is -0.436 e. The van der Waals surface area contributed by atoms with Gasteiger partial charge >= 0.3 is 0 Å². The highest BCUT2D eigenvalue weighted by molar-refractivity contribution is 7.21. The molecule has 292 valence electrons. The van der Waals surface area contributed by atoms with Crippen molar-refractivity contribution >= 4 is 61.1 Å². The summed E-state index contributed by atoms with van der Waals surface area (Å²) in [5, 5.41) is 1.06. The Balaban J connectivity index is 0.826. The molecule has 10 aromatic rings. The van der Waals surface area contributed by atoms with Gasteiger partial charge in [0.15, 0.2) is 5.58 Å². The fourth-order valence-electron chi connectivity index (χ4n) is 8.48. The molecule has 0 amide bonds. The van der Waals surface area contributed by atoms with Crippen molar-refractivity contribution < 1.29 is 4.42 Å². The Morgan fingerprint density at radius 3 is 1.90 bits per heavy atom. The highest BCUT2D eigenvalue weighted by Gasteiger charge is 2.19. The third-order valence-electron chi connectivity index (χ3n) is 11.6. The third kappa shape index (κ3) is 7.54. The van der Waals surface area contributed by atoms with Gasteiger partial charge in [0.1, 0.15) is 10.5 Å². The molecule has 5 nitrogen and oxygen atoms in total. The average molecular weight is 805 g/mol. The monoisotopic (exact) mass is 804 g/mol. The van der Waals surface area contributed by atoms with Crippen molar-refractivity contribution in [1.82, 2.24) is 9.97 Å². The number of anilines is 3. The first-order valence-corrected chi connectivity index (χ1v) is 21.6. The van der Waals surface area contributed by atoms with E-state index in [1.807, 2.05) is 6.07 Å². The van der Waals surface area contributed by atoms with Crippen LogP contribution in [0.2, 0.25) is 0 Å². The van der Waals surface area contributed by atoms with E-state index in [4.69, 9.17) is 19.4 Å². The molecule has 0 fully saturated rings. The second-order valence-corrected chi connectivity index (χ2v) is 16.7. The van der Waals surface area contributed by atoms with Crippen LogP contribution in [0.3, 0.4) is 0 Å². The van der Waals surface area contributed by atoms with Crippen LogP contribution in [0.15, 0.2) is 210 Å².